The standard InChI is InChI=1S/2C6H8N2.2ClH.Co/c2*7-5-3-1-2-4-6(5)8;;;/h2*1-4H,7-8H2;2*1H;/q;;;;+2/p-2. The fourth-order valence-electron chi connectivity index (χ4n) is 1.02. The summed E-state index contributed by atoms with van der Waals surface area (Å²) in [5.74, 6) is 0. The number of benzene rings is 2. The minimum absolute atomic E-state index is 0. The summed E-state index contributed by atoms with van der Waals surface area (Å²) in [5.41, 5.74) is 24.2. The van der Waals surface area contributed by atoms with Gasteiger partial charge in [-0.2, -0.15) is 0 Å². The van der Waals surface area contributed by atoms with Crippen molar-refractivity contribution >= 4 is 22.7 Å². The molecule has 2 rings (SSSR count). The van der Waals surface area contributed by atoms with Crippen molar-refractivity contribution in [2.24, 2.45) is 0 Å². The Balaban J connectivity index is -0.000000233. The van der Waals surface area contributed by atoms with Crippen LogP contribution in [0.25, 0.3) is 0 Å². The fourth-order valence-corrected chi connectivity index (χ4v) is 1.02. The van der Waals surface area contributed by atoms with Crippen molar-refractivity contribution in [1.82, 2.24) is 0 Å². The molecule has 0 heterocycles. The molecule has 0 aliphatic heterocycles. The Labute approximate surface area is 135 Å². The van der Waals surface area contributed by atoms with Crippen LogP contribution in [0.4, 0.5) is 22.7 Å². The first-order chi connectivity index (χ1) is 7.61. The van der Waals surface area contributed by atoms with Crippen molar-refractivity contribution in [3.8, 4) is 0 Å². The zero-order chi connectivity index (χ0) is 12.0. The summed E-state index contributed by atoms with van der Waals surface area (Å²) in [6, 6.07) is 14.5. The first-order valence-electron chi connectivity index (χ1n) is 4.81. The summed E-state index contributed by atoms with van der Waals surface area (Å²) in [5, 5.41) is 0. The second-order valence-corrected chi connectivity index (χ2v) is 3.26. The zero-order valence-corrected chi connectivity index (χ0v) is 12.6. The molecule has 1 radical (unpaired) electrons. The van der Waals surface area contributed by atoms with Gasteiger partial charge in [-0.05, 0) is 24.3 Å². The Bertz CT molecular complexity index is 383. The van der Waals surface area contributed by atoms with E-state index >= 15 is 0 Å². The third-order valence-corrected chi connectivity index (χ3v) is 1.99. The molecular weight excluding hydrogens is 330 g/mol. The predicted molar refractivity (Wildman–Crippen MR) is 70.5 cm³/mol. The van der Waals surface area contributed by atoms with Crippen LogP contribution in [0.15, 0.2) is 48.5 Å². The van der Waals surface area contributed by atoms with Crippen LogP contribution < -0.4 is 47.7 Å². The average Bonchev–Trinajstić information content (AvgIpc) is 2.28. The van der Waals surface area contributed by atoms with Gasteiger partial charge in [-0.3, -0.25) is 0 Å². The molecule has 0 aromatic heterocycles. The second-order valence-electron chi connectivity index (χ2n) is 3.26. The number of nitrogen functional groups attached to an aromatic ring is 4. The third-order valence-electron chi connectivity index (χ3n) is 1.99. The maximum Gasteiger partial charge on any atom is 2.00 e. The predicted octanol–water partition coefficient (Wildman–Crippen LogP) is -4.29. The van der Waals surface area contributed by atoms with E-state index in [1.54, 1.807) is 24.3 Å². The molecule has 8 N–H and O–H groups in total. The van der Waals surface area contributed by atoms with Crippen molar-refractivity contribution in [3.05, 3.63) is 48.5 Å². The van der Waals surface area contributed by atoms with Crippen LogP contribution in [0.5, 0.6) is 0 Å². The molecule has 19 heavy (non-hydrogen) atoms. The van der Waals surface area contributed by atoms with Gasteiger partial charge in [-0.1, -0.05) is 24.3 Å². The molecule has 0 aliphatic carbocycles. The molecular formula is C12H16Cl2CoN4. The van der Waals surface area contributed by atoms with Gasteiger partial charge in [-0.15, -0.1) is 0 Å². The number of hydrogen-bond donors (Lipinski definition) is 4. The first kappa shape index (κ1) is 22.9. The summed E-state index contributed by atoms with van der Waals surface area (Å²) in [7, 11) is 0. The molecule has 0 amide bonds. The third kappa shape index (κ3) is 8.44. The molecule has 0 saturated carbocycles. The van der Waals surface area contributed by atoms with E-state index in [4.69, 9.17) is 22.9 Å². The summed E-state index contributed by atoms with van der Waals surface area (Å²) in [6.07, 6.45) is 0. The number of para-hydroxylation sites is 4. The van der Waals surface area contributed by atoms with Gasteiger partial charge in [0.05, 0.1) is 22.7 Å². The van der Waals surface area contributed by atoms with Crippen molar-refractivity contribution in [2.75, 3.05) is 22.9 Å². The maximum atomic E-state index is 5.39. The Morgan fingerprint density at radius 2 is 0.632 bits per heavy atom. The van der Waals surface area contributed by atoms with Gasteiger partial charge in [0, 0.05) is 0 Å². The summed E-state index contributed by atoms with van der Waals surface area (Å²) >= 11 is 0. The van der Waals surface area contributed by atoms with Gasteiger partial charge >= 0.3 is 16.8 Å². The van der Waals surface area contributed by atoms with Gasteiger partial charge in [0.1, 0.15) is 0 Å². The van der Waals surface area contributed by atoms with E-state index in [1.807, 2.05) is 24.3 Å². The summed E-state index contributed by atoms with van der Waals surface area (Å²) < 4.78 is 0. The monoisotopic (exact) mass is 345 g/mol. The van der Waals surface area contributed by atoms with Crippen molar-refractivity contribution in [3.63, 3.8) is 0 Å². The van der Waals surface area contributed by atoms with E-state index in [9.17, 15) is 0 Å². The number of nitrogens with two attached hydrogens (primary N) is 4. The molecule has 2 aromatic carbocycles. The molecule has 2 aromatic rings. The van der Waals surface area contributed by atoms with Gasteiger partial charge in [0.2, 0.25) is 0 Å². The molecule has 0 bridgehead atoms. The number of hydrogen-bond acceptors (Lipinski definition) is 4. The van der Waals surface area contributed by atoms with Crippen LogP contribution in [-0.2, 0) is 16.8 Å². The van der Waals surface area contributed by atoms with Crippen LogP contribution in [-0.4, -0.2) is 0 Å². The Morgan fingerprint density at radius 3 is 0.737 bits per heavy atom. The normalized spacial score (nSPS) is 7.58. The van der Waals surface area contributed by atoms with E-state index in [0.29, 0.717) is 22.7 Å². The van der Waals surface area contributed by atoms with Crippen LogP contribution in [0.1, 0.15) is 0 Å². The molecule has 0 spiro atoms. The van der Waals surface area contributed by atoms with E-state index < -0.39 is 0 Å². The number of anilines is 4. The maximum absolute atomic E-state index is 5.39. The van der Waals surface area contributed by atoms with E-state index in [-0.39, 0.29) is 41.6 Å². The zero-order valence-electron chi connectivity index (χ0n) is 10.0. The van der Waals surface area contributed by atoms with Gasteiger partial charge in [0.15, 0.2) is 0 Å². The topological polar surface area (TPSA) is 104 Å². The van der Waals surface area contributed by atoms with E-state index in [0.717, 1.165) is 0 Å². The number of rotatable bonds is 0. The molecule has 0 fully saturated rings. The molecule has 0 atom stereocenters. The van der Waals surface area contributed by atoms with Crippen molar-refractivity contribution in [1.29, 1.82) is 0 Å². The van der Waals surface area contributed by atoms with Crippen LogP contribution >= 0.6 is 0 Å². The summed E-state index contributed by atoms with van der Waals surface area (Å²) in [6.45, 7) is 0. The van der Waals surface area contributed by atoms with Crippen molar-refractivity contribution < 1.29 is 41.6 Å². The first-order valence-corrected chi connectivity index (χ1v) is 4.81. The second kappa shape index (κ2) is 11.8. The minimum atomic E-state index is 0. The molecule has 0 unspecified atom stereocenters. The quantitative estimate of drug-likeness (QED) is 0.363. The van der Waals surface area contributed by atoms with Crippen LogP contribution in [0.2, 0.25) is 0 Å². The van der Waals surface area contributed by atoms with E-state index in [1.165, 1.54) is 0 Å². The molecule has 4 nitrogen and oxygen atoms in total. The number of halogens is 2. The molecule has 7 heteroatoms. The Morgan fingerprint density at radius 1 is 0.474 bits per heavy atom. The van der Waals surface area contributed by atoms with Crippen LogP contribution in [0.3, 0.4) is 0 Å². The van der Waals surface area contributed by atoms with Crippen LogP contribution in [0, 0.1) is 0 Å². The van der Waals surface area contributed by atoms with Gasteiger partial charge in [0.25, 0.3) is 0 Å². The Kier molecular flexibility index (Phi) is 14.2. The SMILES string of the molecule is Nc1ccccc1N.Nc1ccccc1N.[Cl-].[Cl-].[Co+2]. The van der Waals surface area contributed by atoms with E-state index in [2.05, 4.69) is 0 Å². The fraction of sp³-hybridized carbons (Fsp3) is 0. The smallest absolute Gasteiger partial charge is 1.00 e. The van der Waals surface area contributed by atoms with Gasteiger partial charge < -0.3 is 47.7 Å². The molecule has 107 valence electrons. The van der Waals surface area contributed by atoms with Crippen molar-refractivity contribution in [2.45, 2.75) is 0 Å². The van der Waals surface area contributed by atoms with Gasteiger partial charge in [-0.25, -0.2) is 0 Å². The average molecular weight is 346 g/mol. The largest absolute Gasteiger partial charge is 2.00 e. The molecule has 0 saturated heterocycles. The molecule has 0 aliphatic rings. The Hall–Kier alpha value is -1.27. The summed E-state index contributed by atoms with van der Waals surface area (Å²) in [4.78, 5) is 0. The minimum Gasteiger partial charge on any atom is -1.00 e.